The molecule has 0 amide bonds. The van der Waals surface area contributed by atoms with E-state index in [0.717, 1.165) is 12.4 Å². The summed E-state index contributed by atoms with van der Waals surface area (Å²) < 4.78 is 12.9. The smallest absolute Gasteiger partial charge is 0.167 e. The van der Waals surface area contributed by atoms with Gasteiger partial charge >= 0.3 is 0 Å². The zero-order valence-electron chi connectivity index (χ0n) is 12.6. The van der Waals surface area contributed by atoms with Crippen LogP contribution in [0.15, 0.2) is 24.5 Å². The van der Waals surface area contributed by atoms with E-state index in [-0.39, 0.29) is 13.2 Å². The molecule has 6 heteroatoms. The van der Waals surface area contributed by atoms with Gasteiger partial charge in [-0.1, -0.05) is 26.0 Å². The quantitative estimate of drug-likeness (QED) is 0.845. The molecule has 0 spiro atoms. The van der Waals surface area contributed by atoms with Gasteiger partial charge in [0.15, 0.2) is 17.3 Å². The van der Waals surface area contributed by atoms with E-state index in [1.807, 2.05) is 10.7 Å². The second-order valence-corrected chi connectivity index (χ2v) is 5.15. The number of aliphatic hydroxyl groups excluding tert-OH is 1. The molecule has 1 aromatic carbocycles. The van der Waals surface area contributed by atoms with Crippen LogP contribution >= 0.6 is 0 Å². The first kappa shape index (κ1) is 15.3. The second-order valence-electron chi connectivity index (χ2n) is 5.15. The maximum Gasteiger partial charge on any atom is 0.167 e. The number of nitrogens with zero attached hydrogens (tertiary/aromatic N) is 3. The van der Waals surface area contributed by atoms with Crippen molar-refractivity contribution in [2.45, 2.75) is 33.6 Å². The summed E-state index contributed by atoms with van der Waals surface area (Å²) in [5, 5.41) is 13.6. The van der Waals surface area contributed by atoms with Crippen LogP contribution in [-0.2, 0) is 19.8 Å². The molecule has 0 atom stereocenters. The highest BCUT2D eigenvalue weighted by molar-refractivity contribution is 5.46. The third kappa shape index (κ3) is 3.72. The van der Waals surface area contributed by atoms with Gasteiger partial charge in [0.05, 0.1) is 13.7 Å². The highest BCUT2D eigenvalue weighted by Crippen LogP contribution is 2.31. The van der Waals surface area contributed by atoms with Gasteiger partial charge in [-0.2, -0.15) is 5.10 Å². The fraction of sp³-hybridized carbons (Fsp3) is 0.467. The van der Waals surface area contributed by atoms with Gasteiger partial charge in [0.1, 0.15) is 12.9 Å². The molecule has 0 radical (unpaired) electrons. The maximum atomic E-state index is 9.40. The molecular weight excluding hydrogens is 270 g/mol. The summed E-state index contributed by atoms with van der Waals surface area (Å²) in [6, 6.07) is 5.42. The van der Waals surface area contributed by atoms with Crippen LogP contribution in [0.4, 0.5) is 0 Å². The molecule has 2 rings (SSSR count). The van der Waals surface area contributed by atoms with Crippen molar-refractivity contribution in [3.63, 3.8) is 0 Å². The average molecular weight is 291 g/mol. The number of rotatable bonds is 7. The Balaban J connectivity index is 2.15. The molecule has 0 aliphatic carbocycles. The van der Waals surface area contributed by atoms with Crippen LogP contribution in [0.1, 0.15) is 25.2 Å². The number of para-hydroxylation sites is 1. The van der Waals surface area contributed by atoms with E-state index in [1.165, 1.54) is 6.33 Å². The van der Waals surface area contributed by atoms with Crippen molar-refractivity contribution in [3.05, 3.63) is 35.9 Å². The SMILES string of the molecule is COc1cccc(CO)c1OCc1ncnn1CC(C)C. The Morgan fingerprint density at radius 3 is 2.81 bits per heavy atom. The van der Waals surface area contributed by atoms with Crippen LogP contribution in [0.5, 0.6) is 11.5 Å². The fourth-order valence-electron chi connectivity index (χ4n) is 2.05. The Labute approximate surface area is 124 Å². The third-order valence-corrected chi connectivity index (χ3v) is 3.03. The van der Waals surface area contributed by atoms with Crippen molar-refractivity contribution in [2.75, 3.05) is 7.11 Å². The molecule has 0 fully saturated rings. The average Bonchev–Trinajstić information content (AvgIpc) is 2.91. The van der Waals surface area contributed by atoms with Gasteiger partial charge in [-0.05, 0) is 12.0 Å². The van der Waals surface area contributed by atoms with Gasteiger partial charge in [0.2, 0.25) is 0 Å². The minimum atomic E-state index is -0.106. The molecule has 21 heavy (non-hydrogen) atoms. The van der Waals surface area contributed by atoms with E-state index >= 15 is 0 Å². The predicted molar refractivity (Wildman–Crippen MR) is 78.1 cm³/mol. The molecular formula is C15H21N3O3. The Kier molecular flexibility index (Phi) is 5.16. The standard InChI is InChI=1S/C15H21N3O3/c1-11(2)7-18-14(16-10-17-18)9-21-15-12(8-19)5-4-6-13(15)20-3/h4-6,10-11,19H,7-9H2,1-3H3. The molecule has 0 aliphatic heterocycles. The van der Waals surface area contributed by atoms with Gasteiger partial charge in [0, 0.05) is 12.1 Å². The van der Waals surface area contributed by atoms with Crippen LogP contribution in [0, 0.1) is 5.92 Å². The Hall–Kier alpha value is -2.08. The first-order valence-electron chi connectivity index (χ1n) is 6.92. The second kappa shape index (κ2) is 7.08. The van der Waals surface area contributed by atoms with Crippen molar-refractivity contribution >= 4 is 0 Å². The Bertz CT molecular complexity index is 559. The van der Waals surface area contributed by atoms with E-state index in [9.17, 15) is 5.11 Å². The summed E-state index contributed by atoms with van der Waals surface area (Å²) in [6.45, 7) is 5.20. The minimum Gasteiger partial charge on any atom is -0.493 e. The fourth-order valence-corrected chi connectivity index (χ4v) is 2.05. The van der Waals surface area contributed by atoms with E-state index in [1.54, 1.807) is 19.2 Å². The minimum absolute atomic E-state index is 0.106. The molecule has 0 saturated carbocycles. The molecule has 1 aromatic heterocycles. The number of aliphatic hydroxyl groups is 1. The van der Waals surface area contributed by atoms with Crippen LogP contribution < -0.4 is 9.47 Å². The molecule has 114 valence electrons. The van der Waals surface area contributed by atoms with Crippen molar-refractivity contribution < 1.29 is 14.6 Å². The van der Waals surface area contributed by atoms with Gasteiger partial charge in [-0.25, -0.2) is 9.67 Å². The molecule has 0 aliphatic rings. The molecule has 0 unspecified atom stereocenters. The number of ether oxygens (including phenoxy) is 2. The molecule has 6 nitrogen and oxygen atoms in total. The van der Waals surface area contributed by atoms with Crippen molar-refractivity contribution in [2.24, 2.45) is 5.92 Å². The van der Waals surface area contributed by atoms with Gasteiger partial charge < -0.3 is 14.6 Å². The number of methoxy groups -OCH3 is 1. The maximum absolute atomic E-state index is 9.40. The molecule has 0 bridgehead atoms. The lowest BCUT2D eigenvalue weighted by atomic mass is 10.2. The highest BCUT2D eigenvalue weighted by atomic mass is 16.5. The first-order valence-corrected chi connectivity index (χ1v) is 6.92. The largest absolute Gasteiger partial charge is 0.493 e. The van der Waals surface area contributed by atoms with Crippen LogP contribution in [0.25, 0.3) is 0 Å². The van der Waals surface area contributed by atoms with E-state index in [4.69, 9.17) is 9.47 Å². The lowest BCUT2D eigenvalue weighted by Gasteiger charge is -2.14. The van der Waals surface area contributed by atoms with Crippen LogP contribution in [-0.4, -0.2) is 27.0 Å². The molecule has 2 aromatic rings. The van der Waals surface area contributed by atoms with Crippen molar-refractivity contribution in [1.29, 1.82) is 0 Å². The molecule has 0 saturated heterocycles. The zero-order chi connectivity index (χ0) is 15.2. The van der Waals surface area contributed by atoms with Crippen molar-refractivity contribution in [3.8, 4) is 11.5 Å². The first-order chi connectivity index (χ1) is 10.2. The third-order valence-electron chi connectivity index (χ3n) is 3.03. The lowest BCUT2D eigenvalue weighted by Crippen LogP contribution is -2.13. The molecule has 1 N–H and O–H groups in total. The topological polar surface area (TPSA) is 69.4 Å². The zero-order valence-corrected chi connectivity index (χ0v) is 12.6. The van der Waals surface area contributed by atoms with E-state index in [2.05, 4.69) is 23.9 Å². The molecule has 1 heterocycles. The van der Waals surface area contributed by atoms with Gasteiger partial charge in [0.25, 0.3) is 0 Å². The van der Waals surface area contributed by atoms with Crippen LogP contribution in [0.2, 0.25) is 0 Å². The number of hydrogen-bond acceptors (Lipinski definition) is 5. The summed E-state index contributed by atoms with van der Waals surface area (Å²) in [7, 11) is 1.57. The summed E-state index contributed by atoms with van der Waals surface area (Å²) >= 11 is 0. The summed E-state index contributed by atoms with van der Waals surface area (Å²) in [6.07, 6.45) is 1.52. The number of aromatic nitrogens is 3. The summed E-state index contributed by atoms with van der Waals surface area (Å²) in [5.41, 5.74) is 0.685. The summed E-state index contributed by atoms with van der Waals surface area (Å²) in [5.74, 6) is 2.36. The number of benzene rings is 1. The van der Waals surface area contributed by atoms with Gasteiger partial charge in [-0.3, -0.25) is 0 Å². The Morgan fingerprint density at radius 2 is 2.14 bits per heavy atom. The van der Waals surface area contributed by atoms with Crippen LogP contribution in [0.3, 0.4) is 0 Å². The Morgan fingerprint density at radius 1 is 1.33 bits per heavy atom. The van der Waals surface area contributed by atoms with E-state index < -0.39 is 0 Å². The highest BCUT2D eigenvalue weighted by Gasteiger charge is 2.12. The normalized spacial score (nSPS) is 10.9. The van der Waals surface area contributed by atoms with Gasteiger partial charge in [-0.15, -0.1) is 0 Å². The predicted octanol–water partition coefficient (Wildman–Crippen LogP) is 2.01. The van der Waals surface area contributed by atoms with E-state index in [0.29, 0.717) is 23.0 Å². The lowest BCUT2D eigenvalue weighted by molar-refractivity contribution is 0.241. The van der Waals surface area contributed by atoms with Crippen molar-refractivity contribution in [1.82, 2.24) is 14.8 Å². The summed E-state index contributed by atoms with van der Waals surface area (Å²) in [4.78, 5) is 4.22. The number of hydrogen-bond donors (Lipinski definition) is 1. The monoisotopic (exact) mass is 291 g/mol.